The Labute approximate surface area is 119 Å². The Hall–Kier alpha value is -1.46. The summed E-state index contributed by atoms with van der Waals surface area (Å²) in [4.78, 5) is 36.5. The fourth-order valence-electron chi connectivity index (χ4n) is 2.24. The van der Waals surface area contributed by atoms with E-state index in [0.717, 1.165) is 19.3 Å². The normalized spacial score (nSPS) is 23.0. The molecule has 1 fully saturated rings. The first kappa shape index (κ1) is 16.6. The van der Waals surface area contributed by atoms with Gasteiger partial charge < -0.3 is 9.64 Å². The molecule has 6 nitrogen and oxygen atoms in total. The van der Waals surface area contributed by atoms with Crippen LogP contribution in [-0.2, 0) is 14.3 Å². The second kappa shape index (κ2) is 6.81. The number of likely N-dealkylation sites (tertiary alicyclic amines) is 1. The number of amides is 1. The molecule has 0 aromatic heterocycles. The molecule has 0 aromatic carbocycles. The molecule has 1 saturated heterocycles. The minimum absolute atomic E-state index is 0.230. The van der Waals surface area contributed by atoms with Crippen molar-refractivity contribution in [2.24, 2.45) is 11.1 Å². The summed E-state index contributed by atoms with van der Waals surface area (Å²) in [6, 6.07) is -1.13. The van der Waals surface area contributed by atoms with Crippen molar-refractivity contribution in [2.75, 3.05) is 13.1 Å². The van der Waals surface area contributed by atoms with Crippen LogP contribution in [0.25, 0.3) is 0 Å². The van der Waals surface area contributed by atoms with Gasteiger partial charge in [0.1, 0.15) is 11.5 Å². The van der Waals surface area contributed by atoms with E-state index in [1.54, 1.807) is 25.7 Å². The van der Waals surface area contributed by atoms with Gasteiger partial charge in [0, 0.05) is 13.1 Å². The zero-order valence-corrected chi connectivity index (χ0v) is 12.7. The molecule has 0 spiro atoms. The van der Waals surface area contributed by atoms with Gasteiger partial charge in [-0.2, -0.15) is 0 Å². The Bertz CT molecular complexity index is 376. The SMILES string of the molecule is CCCCCN1CC(C(=O)OC(C)(C)C)C(N=O)C1=O. The fraction of sp³-hybridized carbons (Fsp3) is 0.857. The van der Waals surface area contributed by atoms with E-state index in [2.05, 4.69) is 12.1 Å². The first-order valence-electron chi connectivity index (χ1n) is 7.14. The van der Waals surface area contributed by atoms with Gasteiger partial charge in [-0.25, -0.2) is 0 Å². The Morgan fingerprint density at radius 1 is 1.40 bits per heavy atom. The molecule has 20 heavy (non-hydrogen) atoms. The van der Waals surface area contributed by atoms with Crippen LogP contribution in [0.3, 0.4) is 0 Å². The molecule has 114 valence electrons. The van der Waals surface area contributed by atoms with Crippen molar-refractivity contribution in [1.82, 2.24) is 4.90 Å². The third kappa shape index (κ3) is 4.28. The molecule has 1 aliphatic heterocycles. The molecule has 1 aliphatic rings. The van der Waals surface area contributed by atoms with E-state index in [9.17, 15) is 14.5 Å². The van der Waals surface area contributed by atoms with E-state index >= 15 is 0 Å². The van der Waals surface area contributed by atoms with Crippen LogP contribution in [0.4, 0.5) is 0 Å². The molecule has 6 heteroatoms. The molecular formula is C14H24N2O4. The zero-order valence-electron chi connectivity index (χ0n) is 12.7. The molecule has 0 bridgehead atoms. The van der Waals surface area contributed by atoms with E-state index < -0.39 is 23.5 Å². The lowest BCUT2D eigenvalue weighted by Crippen LogP contribution is -2.34. The van der Waals surface area contributed by atoms with Crippen LogP contribution in [0.15, 0.2) is 5.18 Å². The van der Waals surface area contributed by atoms with Crippen molar-refractivity contribution in [3.05, 3.63) is 4.91 Å². The fourth-order valence-corrected chi connectivity index (χ4v) is 2.24. The molecule has 0 radical (unpaired) electrons. The average molecular weight is 284 g/mol. The molecule has 0 N–H and O–H groups in total. The lowest BCUT2D eigenvalue weighted by Gasteiger charge is -2.22. The lowest BCUT2D eigenvalue weighted by molar-refractivity contribution is -0.160. The summed E-state index contributed by atoms with van der Waals surface area (Å²) in [5.74, 6) is -1.65. The number of ether oxygens (including phenoxy) is 1. The second-order valence-corrected chi connectivity index (χ2v) is 6.18. The molecular weight excluding hydrogens is 260 g/mol. The van der Waals surface area contributed by atoms with Crippen LogP contribution in [0.5, 0.6) is 0 Å². The molecule has 1 heterocycles. The van der Waals surface area contributed by atoms with Gasteiger partial charge in [-0.05, 0) is 27.2 Å². The van der Waals surface area contributed by atoms with E-state index in [-0.39, 0.29) is 12.5 Å². The van der Waals surface area contributed by atoms with Crippen LogP contribution in [0.2, 0.25) is 0 Å². The highest BCUT2D eigenvalue weighted by Gasteiger charge is 2.47. The quantitative estimate of drug-likeness (QED) is 0.425. The van der Waals surface area contributed by atoms with Gasteiger partial charge in [0.05, 0.1) is 0 Å². The van der Waals surface area contributed by atoms with Crippen molar-refractivity contribution in [2.45, 2.75) is 58.6 Å². The van der Waals surface area contributed by atoms with Crippen molar-refractivity contribution < 1.29 is 14.3 Å². The lowest BCUT2D eigenvalue weighted by atomic mass is 10.0. The number of hydrogen-bond donors (Lipinski definition) is 0. The third-order valence-electron chi connectivity index (χ3n) is 3.22. The summed E-state index contributed by atoms with van der Waals surface area (Å²) in [5.41, 5.74) is -0.636. The van der Waals surface area contributed by atoms with Gasteiger partial charge in [0.2, 0.25) is 0 Å². The highest BCUT2D eigenvalue weighted by atomic mass is 16.6. The molecule has 2 atom stereocenters. The summed E-state index contributed by atoms with van der Waals surface area (Å²) in [5, 5.41) is 2.84. The number of hydrogen-bond acceptors (Lipinski definition) is 5. The maximum atomic E-state index is 12.1. The van der Waals surface area contributed by atoms with E-state index in [0.29, 0.717) is 6.54 Å². The largest absolute Gasteiger partial charge is 0.460 e. The van der Waals surface area contributed by atoms with E-state index in [1.807, 2.05) is 0 Å². The number of esters is 1. The molecule has 1 rings (SSSR count). The third-order valence-corrected chi connectivity index (χ3v) is 3.22. The van der Waals surface area contributed by atoms with Gasteiger partial charge in [0.15, 0.2) is 6.04 Å². The number of carbonyl (C=O) groups is 2. The summed E-state index contributed by atoms with van der Waals surface area (Å²) in [6.45, 7) is 8.13. The minimum Gasteiger partial charge on any atom is -0.460 e. The Morgan fingerprint density at radius 2 is 2.05 bits per heavy atom. The maximum absolute atomic E-state index is 12.1. The standard InChI is InChI=1S/C14H24N2O4/c1-5-6-7-8-16-9-10(11(15-19)12(16)17)13(18)20-14(2,3)4/h10-11H,5-9H2,1-4H3. The molecule has 2 unspecified atom stereocenters. The van der Waals surface area contributed by atoms with Crippen molar-refractivity contribution in [1.29, 1.82) is 0 Å². The average Bonchev–Trinajstić information content (AvgIpc) is 2.65. The van der Waals surface area contributed by atoms with Crippen LogP contribution in [-0.4, -0.2) is 41.5 Å². The van der Waals surface area contributed by atoms with E-state index in [4.69, 9.17) is 4.74 Å². The Morgan fingerprint density at radius 3 is 2.55 bits per heavy atom. The van der Waals surface area contributed by atoms with Crippen LogP contribution >= 0.6 is 0 Å². The van der Waals surface area contributed by atoms with Gasteiger partial charge in [0.25, 0.3) is 5.91 Å². The summed E-state index contributed by atoms with van der Waals surface area (Å²) < 4.78 is 5.26. The number of nitrogens with zero attached hydrogens (tertiary/aromatic N) is 2. The van der Waals surface area contributed by atoms with Gasteiger partial charge in [-0.1, -0.05) is 24.9 Å². The smallest absolute Gasteiger partial charge is 0.314 e. The van der Waals surface area contributed by atoms with E-state index in [1.165, 1.54) is 0 Å². The first-order chi connectivity index (χ1) is 9.30. The highest BCUT2D eigenvalue weighted by Crippen LogP contribution is 2.25. The maximum Gasteiger partial charge on any atom is 0.314 e. The molecule has 0 saturated carbocycles. The predicted octanol–water partition coefficient (Wildman–Crippen LogP) is 2.11. The predicted molar refractivity (Wildman–Crippen MR) is 75.0 cm³/mol. The van der Waals surface area contributed by atoms with Gasteiger partial charge >= 0.3 is 5.97 Å². The summed E-state index contributed by atoms with van der Waals surface area (Å²) in [7, 11) is 0. The second-order valence-electron chi connectivity index (χ2n) is 6.18. The van der Waals surface area contributed by atoms with Crippen molar-refractivity contribution >= 4 is 11.9 Å². The minimum atomic E-state index is -1.13. The topological polar surface area (TPSA) is 76.0 Å². The molecule has 1 amide bonds. The Balaban J connectivity index is 2.69. The highest BCUT2D eigenvalue weighted by molar-refractivity contribution is 5.92. The summed E-state index contributed by atoms with van der Waals surface area (Å²) >= 11 is 0. The Kier molecular flexibility index (Phi) is 5.65. The zero-order chi connectivity index (χ0) is 15.3. The van der Waals surface area contributed by atoms with Crippen molar-refractivity contribution in [3.63, 3.8) is 0 Å². The van der Waals surface area contributed by atoms with Gasteiger partial charge in [-0.3, -0.25) is 9.59 Å². The number of unbranched alkanes of at least 4 members (excludes halogenated alkanes) is 2. The monoisotopic (exact) mass is 284 g/mol. The first-order valence-corrected chi connectivity index (χ1v) is 7.14. The number of nitroso groups, excluding NO2 is 1. The van der Waals surface area contributed by atoms with Crippen LogP contribution in [0, 0.1) is 10.8 Å². The van der Waals surface area contributed by atoms with Crippen molar-refractivity contribution in [3.8, 4) is 0 Å². The van der Waals surface area contributed by atoms with Crippen LogP contribution in [0.1, 0.15) is 47.0 Å². The number of rotatable bonds is 6. The molecule has 0 aliphatic carbocycles. The number of carbonyl (C=O) groups excluding carboxylic acids is 2. The summed E-state index contributed by atoms with van der Waals surface area (Å²) in [6.07, 6.45) is 2.93. The molecule has 0 aromatic rings. The van der Waals surface area contributed by atoms with Crippen LogP contribution < -0.4 is 0 Å². The van der Waals surface area contributed by atoms with Gasteiger partial charge in [-0.15, -0.1) is 4.91 Å².